The number of rotatable bonds is 3. The Morgan fingerprint density at radius 3 is 2.52 bits per heavy atom. The average molecular weight is 314 g/mol. The SMILES string of the molecule is Cc1ccc(NC(=O)c2cc(F)cc(N3CCOCC3)c2)cc1. The Bertz CT molecular complexity index is 695. The normalized spacial score (nSPS) is 14.6. The number of nitrogens with one attached hydrogen (secondary N) is 1. The van der Waals surface area contributed by atoms with Crippen molar-refractivity contribution in [2.75, 3.05) is 36.5 Å². The number of hydrogen-bond acceptors (Lipinski definition) is 3. The van der Waals surface area contributed by atoms with Gasteiger partial charge in [0, 0.05) is 30.0 Å². The fraction of sp³-hybridized carbons (Fsp3) is 0.278. The second kappa shape index (κ2) is 6.79. The average Bonchev–Trinajstić information content (AvgIpc) is 2.57. The molecule has 5 heteroatoms. The number of morpholine rings is 1. The number of nitrogens with zero attached hydrogens (tertiary/aromatic N) is 1. The van der Waals surface area contributed by atoms with Gasteiger partial charge in [0.25, 0.3) is 5.91 Å². The monoisotopic (exact) mass is 314 g/mol. The highest BCUT2D eigenvalue weighted by molar-refractivity contribution is 6.04. The van der Waals surface area contributed by atoms with Gasteiger partial charge in [-0.3, -0.25) is 4.79 Å². The minimum Gasteiger partial charge on any atom is -0.378 e. The minimum absolute atomic E-state index is 0.312. The molecule has 0 saturated carbocycles. The Labute approximate surface area is 134 Å². The Kier molecular flexibility index (Phi) is 4.57. The summed E-state index contributed by atoms with van der Waals surface area (Å²) < 4.78 is 19.2. The summed E-state index contributed by atoms with van der Waals surface area (Å²) >= 11 is 0. The number of halogens is 1. The molecule has 1 aliphatic heterocycles. The van der Waals surface area contributed by atoms with Gasteiger partial charge in [0.2, 0.25) is 0 Å². The van der Waals surface area contributed by atoms with E-state index >= 15 is 0 Å². The standard InChI is InChI=1S/C18H19FN2O2/c1-13-2-4-16(5-3-13)20-18(22)14-10-15(19)12-17(11-14)21-6-8-23-9-7-21/h2-5,10-12H,6-9H2,1H3,(H,20,22). The molecule has 0 aliphatic carbocycles. The molecule has 1 N–H and O–H groups in total. The van der Waals surface area contributed by atoms with E-state index < -0.39 is 5.82 Å². The van der Waals surface area contributed by atoms with Crippen molar-refractivity contribution in [2.24, 2.45) is 0 Å². The van der Waals surface area contributed by atoms with Crippen molar-refractivity contribution in [2.45, 2.75) is 6.92 Å². The molecule has 0 bridgehead atoms. The van der Waals surface area contributed by atoms with Gasteiger partial charge in [-0.1, -0.05) is 17.7 Å². The largest absolute Gasteiger partial charge is 0.378 e. The van der Waals surface area contributed by atoms with Crippen molar-refractivity contribution in [3.8, 4) is 0 Å². The molecule has 1 amide bonds. The fourth-order valence-electron chi connectivity index (χ4n) is 2.55. The zero-order valence-corrected chi connectivity index (χ0v) is 13.0. The van der Waals surface area contributed by atoms with Gasteiger partial charge in [-0.2, -0.15) is 0 Å². The number of ether oxygens (including phenoxy) is 1. The highest BCUT2D eigenvalue weighted by Gasteiger charge is 2.15. The van der Waals surface area contributed by atoms with Crippen LogP contribution in [0.15, 0.2) is 42.5 Å². The third-order valence-corrected chi connectivity index (χ3v) is 3.83. The van der Waals surface area contributed by atoms with Gasteiger partial charge in [0.1, 0.15) is 5.82 Å². The van der Waals surface area contributed by atoms with E-state index in [9.17, 15) is 9.18 Å². The Balaban J connectivity index is 1.79. The number of hydrogen-bond donors (Lipinski definition) is 1. The molecule has 0 aromatic heterocycles. The van der Waals surface area contributed by atoms with Gasteiger partial charge >= 0.3 is 0 Å². The van der Waals surface area contributed by atoms with Crippen LogP contribution >= 0.6 is 0 Å². The maximum atomic E-state index is 13.9. The van der Waals surface area contributed by atoms with Crippen LogP contribution < -0.4 is 10.2 Å². The summed E-state index contributed by atoms with van der Waals surface area (Å²) in [5.74, 6) is -0.731. The molecule has 0 unspecified atom stereocenters. The lowest BCUT2D eigenvalue weighted by molar-refractivity contribution is 0.102. The highest BCUT2D eigenvalue weighted by Crippen LogP contribution is 2.21. The molecule has 0 spiro atoms. The molecule has 0 radical (unpaired) electrons. The van der Waals surface area contributed by atoms with E-state index in [4.69, 9.17) is 4.74 Å². The topological polar surface area (TPSA) is 41.6 Å². The van der Waals surface area contributed by atoms with Gasteiger partial charge in [-0.25, -0.2) is 4.39 Å². The number of carbonyl (C=O) groups excluding carboxylic acids is 1. The second-order valence-electron chi connectivity index (χ2n) is 5.62. The molecule has 0 atom stereocenters. The molecule has 1 saturated heterocycles. The van der Waals surface area contributed by atoms with Crippen molar-refractivity contribution in [1.29, 1.82) is 0 Å². The first kappa shape index (κ1) is 15.5. The number of benzene rings is 2. The smallest absolute Gasteiger partial charge is 0.255 e. The number of amides is 1. The number of anilines is 2. The van der Waals surface area contributed by atoms with Gasteiger partial charge in [0.05, 0.1) is 13.2 Å². The van der Waals surface area contributed by atoms with Gasteiger partial charge in [-0.15, -0.1) is 0 Å². The van der Waals surface area contributed by atoms with Crippen molar-refractivity contribution in [3.05, 3.63) is 59.4 Å². The van der Waals surface area contributed by atoms with Crippen LogP contribution in [0.3, 0.4) is 0 Å². The predicted molar refractivity (Wildman–Crippen MR) is 88.6 cm³/mol. The van der Waals surface area contributed by atoms with Crippen LogP contribution in [-0.2, 0) is 4.74 Å². The minimum atomic E-state index is -0.414. The summed E-state index contributed by atoms with van der Waals surface area (Å²) in [4.78, 5) is 14.4. The maximum absolute atomic E-state index is 13.9. The Hall–Kier alpha value is -2.40. The maximum Gasteiger partial charge on any atom is 0.255 e. The molecule has 1 fully saturated rings. The van der Waals surface area contributed by atoms with E-state index in [1.54, 1.807) is 6.07 Å². The van der Waals surface area contributed by atoms with Crippen molar-refractivity contribution in [3.63, 3.8) is 0 Å². The van der Waals surface area contributed by atoms with Crippen molar-refractivity contribution >= 4 is 17.3 Å². The van der Waals surface area contributed by atoms with Gasteiger partial charge in [0.15, 0.2) is 0 Å². The molecule has 1 heterocycles. The van der Waals surface area contributed by atoms with Crippen LogP contribution in [0.4, 0.5) is 15.8 Å². The zero-order valence-electron chi connectivity index (χ0n) is 13.0. The van der Waals surface area contributed by atoms with Crippen molar-refractivity contribution in [1.82, 2.24) is 0 Å². The lowest BCUT2D eigenvalue weighted by Crippen LogP contribution is -2.36. The highest BCUT2D eigenvalue weighted by atomic mass is 19.1. The van der Waals surface area contributed by atoms with Crippen molar-refractivity contribution < 1.29 is 13.9 Å². The molecule has 1 aliphatic rings. The third kappa shape index (κ3) is 3.87. The molecule has 23 heavy (non-hydrogen) atoms. The molecule has 120 valence electrons. The van der Waals surface area contributed by atoms with Crippen LogP contribution in [0.5, 0.6) is 0 Å². The van der Waals surface area contributed by atoms with E-state index in [2.05, 4.69) is 5.32 Å². The summed E-state index contributed by atoms with van der Waals surface area (Å²) in [6.45, 7) is 4.60. The fourth-order valence-corrected chi connectivity index (χ4v) is 2.55. The quantitative estimate of drug-likeness (QED) is 0.946. The second-order valence-corrected chi connectivity index (χ2v) is 5.62. The van der Waals surface area contributed by atoms with Crippen LogP contribution in [0.25, 0.3) is 0 Å². The third-order valence-electron chi connectivity index (χ3n) is 3.83. The molecule has 2 aromatic rings. The molecular formula is C18H19FN2O2. The van der Waals surface area contributed by atoms with E-state index in [-0.39, 0.29) is 5.91 Å². The first-order chi connectivity index (χ1) is 11.1. The number of aryl methyl sites for hydroxylation is 1. The van der Waals surface area contributed by atoms with E-state index in [1.807, 2.05) is 36.1 Å². The summed E-state index contributed by atoms with van der Waals surface area (Å²) in [6.07, 6.45) is 0. The number of carbonyl (C=O) groups is 1. The van der Waals surface area contributed by atoms with Crippen LogP contribution in [0.1, 0.15) is 15.9 Å². The van der Waals surface area contributed by atoms with Crippen LogP contribution in [0.2, 0.25) is 0 Å². The zero-order chi connectivity index (χ0) is 16.2. The lowest BCUT2D eigenvalue weighted by atomic mass is 10.1. The molecular weight excluding hydrogens is 295 g/mol. The molecule has 2 aromatic carbocycles. The van der Waals surface area contributed by atoms with E-state index in [0.717, 1.165) is 5.56 Å². The lowest BCUT2D eigenvalue weighted by Gasteiger charge is -2.29. The first-order valence-corrected chi connectivity index (χ1v) is 7.63. The summed E-state index contributed by atoms with van der Waals surface area (Å²) in [7, 11) is 0. The van der Waals surface area contributed by atoms with E-state index in [1.165, 1.54) is 12.1 Å². The molecule has 3 rings (SSSR count). The summed E-state index contributed by atoms with van der Waals surface area (Å²) in [6, 6.07) is 11.9. The Morgan fingerprint density at radius 2 is 1.83 bits per heavy atom. The Morgan fingerprint density at radius 1 is 1.13 bits per heavy atom. The summed E-state index contributed by atoms with van der Waals surface area (Å²) in [5, 5.41) is 2.79. The van der Waals surface area contributed by atoms with E-state index in [0.29, 0.717) is 43.2 Å². The summed E-state index contributed by atoms with van der Waals surface area (Å²) in [5.41, 5.74) is 2.83. The van der Waals surface area contributed by atoms with Crippen LogP contribution in [-0.4, -0.2) is 32.2 Å². The first-order valence-electron chi connectivity index (χ1n) is 7.63. The van der Waals surface area contributed by atoms with Gasteiger partial charge < -0.3 is 15.0 Å². The predicted octanol–water partition coefficient (Wildman–Crippen LogP) is 3.22. The van der Waals surface area contributed by atoms with Gasteiger partial charge in [-0.05, 0) is 37.3 Å². The molecule has 4 nitrogen and oxygen atoms in total. The van der Waals surface area contributed by atoms with Crippen LogP contribution in [0, 0.1) is 12.7 Å².